The number of carbonyl (C=O) groups excluding carboxylic acids is 3. The first-order chi connectivity index (χ1) is 24.1. The van der Waals surface area contributed by atoms with Gasteiger partial charge in [-0.25, -0.2) is 9.59 Å². The Morgan fingerprint density at radius 1 is 0.920 bits per heavy atom. The first-order valence-electron chi connectivity index (χ1n) is 17.5. The van der Waals surface area contributed by atoms with Gasteiger partial charge in [-0.05, 0) is 74.5 Å². The standard InChI is InChI=1S/C35H43F3N8O4/c36-35(37,38)28-20-23(19-25-22-40-42-31(25)28)21-30(32(47)44-17-15-43(16-18-44)26-5-10-39-11-6-26)50-34(49)45-12-8-27(9-13-45)46-14-7-24-3-1-2-4-29(24)41-33(46)48/h1-4,19-20,22,26-27,30,39H,5-18,21H2,(H,40,42)(H,41,48). The van der Waals surface area contributed by atoms with Crippen LogP contribution in [0.3, 0.4) is 0 Å². The third-order valence-electron chi connectivity index (χ3n) is 10.6. The van der Waals surface area contributed by atoms with Crippen molar-refractivity contribution in [3.8, 4) is 0 Å². The number of carbonyl (C=O) groups is 3. The van der Waals surface area contributed by atoms with Crippen LogP contribution in [-0.4, -0.2) is 125 Å². The number of amides is 4. The van der Waals surface area contributed by atoms with Gasteiger partial charge in [-0.3, -0.25) is 14.8 Å². The van der Waals surface area contributed by atoms with Gasteiger partial charge in [-0.1, -0.05) is 18.2 Å². The number of H-pyrrole nitrogens is 1. The molecule has 0 bridgehead atoms. The molecule has 3 fully saturated rings. The maximum Gasteiger partial charge on any atom is 0.418 e. The second kappa shape index (κ2) is 14.5. The highest BCUT2D eigenvalue weighted by atomic mass is 19.4. The quantitative estimate of drug-likeness (QED) is 0.355. The molecule has 4 aliphatic heterocycles. The number of piperidine rings is 2. The zero-order chi connectivity index (χ0) is 34.8. The van der Waals surface area contributed by atoms with E-state index in [1.54, 1.807) is 11.0 Å². The zero-order valence-electron chi connectivity index (χ0n) is 27.9. The molecule has 3 N–H and O–H groups in total. The molecule has 12 nitrogen and oxygen atoms in total. The number of halogens is 3. The maximum atomic E-state index is 14.0. The number of alkyl halides is 3. The number of urea groups is 1. The van der Waals surface area contributed by atoms with Gasteiger partial charge in [0.15, 0.2) is 6.10 Å². The van der Waals surface area contributed by atoms with Crippen molar-refractivity contribution in [1.82, 2.24) is 35.1 Å². The predicted molar refractivity (Wildman–Crippen MR) is 180 cm³/mol. The van der Waals surface area contributed by atoms with Crippen LogP contribution in [0.15, 0.2) is 42.6 Å². The Morgan fingerprint density at radius 2 is 1.66 bits per heavy atom. The van der Waals surface area contributed by atoms with Crippen molar-refractivity contribution >= 4 is 34.6 Å². The molecule has 15 heteroatoms. The van der Waals surface area contributed by atoms with E-state index in [4.69, 9.17) is 4.74 Å². The van der Waals surface area contributed by atoms with E-state index in [-0.39, 0.29) is 35.0 Å². The molecule has 4 amide bonds. The summed E-state index contributed by atoms with van der Waals surface area (Å²) >= 11 is 0. The predicted octanol–water partition coefficient (Wildman–Crippen LogP) is 4.08. The van der Waals surface area contributed by atoms with Gasteiger partial charge in [0, 0.05) is 75.4 Å². The minimum atomic E-state index is -4.65. The number of aromatic nitrogens is 2. The molecule has 3 aromatic rings. The molecule has 50 heavy (non-hydrogen) atoms. The molecule has 1 aromatic heterocycles. The highest BCUT2D eigenvalue weighted by Crippen LogP contribution is 2.35. The Hall–Kier alpha value is -4.37. The number of ether oxygens (including phenoxy) is 1. The highest BCUT2D eigenvalue weighted by molar-refractivity contribution is 5.91. The van der Waals surface area contributed by atoms with Crippen LogP contribution < -0.4 is 10.6 Å². The fourth-order valence-corrected chi connectivity index (χ4v) is 7.83. The highest BCUT2D eigenvalue weighted by Gasteiger charge is 2.38. The second-order valence-electron chi connectivity index (χ2n) is 13.6. The van der Waals surface area contributed by atoms with E-state index in [0.29, 0.717) is 71.1 Å². The van der Waals surface area contributed by atoms with Crippen LogP contribution in [-0.2, 0) is 28.5 Å². The van der Waals surface area contributed by atoms with Crippen molar-refractivity contribution in [2.24, 2.45) is 0 Å². The molecule has 3 saturated heterocycles. The number of fused-ring (bicyclic) bond motifs is 2. The molecule has 0 radical (unpaired) electrons. The number of benzene rings is 2. The van der Waals surface area contributed by atoms with E-state index in [0.717, 1.165) is 43.2 Å². The van der Waals surface area contributed by atoms with Crippen molar-refractivity contribution in [3.05, 3.63) is 59.3 Å². The van der Waals surface area contributed by atoms with E-state index in [2.05, 4.69) is 25.7 Å². The van der Waals surface area contributed by atoms with Gasteiger partial charge in [0.1, 0.15) is 0 Å². The Balaban J connectivity index is 1.03. The topological polar surface area (TPSA) is 126 Å². The maximum absolute atomic E-state index is 14.0. The normalized spacial score (nSPS) is 20.7. The van der Waals surface area contributed by atoms with Crippen LogP contribution in [0.5, 0.6) is 0 Å². The summed E-state index contributed by atoms with van der Waals surface area (Å²) in [4.78, 5) is 48.1. The lowest BCUT2D eigenvalue weighted by molar-refractivity contribution is -0.143. The summed E-state index contributed by atoms with van der Waals surface area (Å²) in [6.45, 7) is 5.35. The van der Waals surface area contributed by atoms with Crippen molar-refractivity contribution in [2.45, 2.75) is 62.9 Å². The third-order valence-corrected chi connectivity index (χ3v) is 10.6. The summed E-state index contributed by atoms with van der Waals surface area (Å²) in [5, 5.41) is 12.8. The minimum absolute atomic E-state index is 0.0792. The molecule has 1 unspecified atom stereocenters. The first kappa shape index (κ1) is 34.1. The molecule has 0 spiro atoms. The van der Waals surface area contributed by atoms with Gasteiger partial charge >= 0.3 is 18.3 Å². The lowest BCUT2D eigenvalue weighted by Crippen LogP contribution is -2.56. The molecule has 4 aliphatic rings. The number of aromatic amines is 1. The molecule has 268 valence electrons. The summed E-state index contributed by atoms with van der Waals surface area (Å²) < 4.78 is 48.0. The Labute approximate surface area is 288 Å². The van der Waals surface area contributed by atoms with Gasteiger partial charge in [-0.15, -0.1) is 0 Å². The lowest BCUT2D eigenvalue weighted by Gasteiger charge is -2.41. The van der Waals surface area contributed by atoms with Crippen LogP contribution >= 0.6 is 0 Å². The summed E-state index contributed by atoms with van der Waals surface area (Å²) in [6.07, 6.45) is -1.71. The monoisotopic (exact) mass is 696 g/mol. The van der Waals surface area contributed by atoms with E-state index in [1.165, 1.54) is 11.1 Å². The average Bonchev–Trinajstić information content (AvgIpc) is 3.53. The van der Waals surface area contributed by atoms with E-state index < -0.39 is 29.8 Å². The van der Waals surface area contributed by atoms with Crippen molar-refractivity contribution < 1.29 is 32.3 Å². The number of piperazine rings is 1. The second-order valence-corrected chi connectivity index (χ2v) is 13.6. The first-order valence-corrected chi connectivity index (χ1v) is 17.5. The minimum Gasteiger partial charge on any atom is -0.436 e. The smallest absolute Gasteiger partial charge is 0.418 e. The van der Waals surface area contributed by atoms with Gasteiger partial charge in [0.2, 0.25) is 0 Å². The van der Waals surface area contributed by atoms with E-state index >= 15 is 0 Å². The number of anilines is 1. The fourth-order valence-electron chi connectivity index (χ4n) is 7.83. The molecule has 7 rings (SSSR count). The Kier molecular flexibility index (Phi) is 9.87. The number of para-hydroxylation sites is 1. The molecular weight excluding hydrogens is 653 g/mol. The number of rotatable bonds is 6. The van der Waals surface area contributed by atoms with Gasteiger partial charge in [-0.2, -0.15) is 18.3 Å². The number of hydrogen-bond donors (Lipinski definition) is 3. The molecule has 5 heterocycles. The van der Waals surface area contributed by atoms with Crippen LogP contribution in [0.25, 0.3) is 10.9 Å². The van der Waals surface area contributed by atoms with Gasteiger partial charge < -0.3 is 30.1 Å². The molecular formula is C35H43F3N8O4. The fraction of sp³-hybridized carbons (Fsp3) is 0.543. The Bertz CT molecular complexity index is 1690. The average molecular weight is 697 g/mol. The molecule has 0 saturated carbocycles. The number of nitrogens with zero attached hydrogens (tertiary/aromatic N) is 5. The summed E-state index contributed by atoms with van der Waals surface area (Å²) in [6, 6.07) is 10.5. The van der Waals surface area contributed by atoms with Crippen LogP contribution in [0, 0.1) is 0 Å². The van der Waals surface area contributed by atoms with Crippen LogP contribution in [0.4, 0.5) is 28.4 Å². The summed E-state index contributed by atoms with van der Waals surface area (Å²) in [5.74, 6) is -0.417. The third kappa shape index (κ3) is 7.38. The molecule has 0 aliphatic carbocycles. The molecule has 2 aromatic carbocycles. The molecule has 1 atom stereocenters. The number of nitrogens with one attached hydrogen (secondary N) is 3. The van der Waals surface area contributed by atoms with Crippen molar-refractivity contribution in [2.75, 3.05) is 64.2 Å². The van der Waals surface area contributed by atoms with Crippen molar-refractivity contribution in [1.29, 1.82) is 0 Å². The van der Waals surface area contributed by atoms with Crippen molar-refractivity contribution in [3.63, 3.8) is 0 Å². The lowest BCUT2D eigenvalue weighted by atomic mass is 10.0. The number of hydrogen-bond acceptors (Lipinski definition) is 7. The summed E-state index contributed by atoms with van der Waals surface area (Å²) in [7, 11) is 0. The van der Waals surface area contributed by atoms with E-state index in [9.17, 15) is 27.6 Å². The van der Waals surface area contributed by atoms with E-state index in [1.807, 2.05) is 29.2 Å². The van der Waals surface area contributed by atoms with Crippen LogP contribution in [0.1, 0.15) is 42.4 Å². The van der Waals surface area contributed by atoms with Crippen LogP contribution in [0.2, 0.25) is 0 Å². The number of likely N-dealkylation sites (tertiary alicyclic amines) is 1. The summed E-state index contributed by atoms with van der Waals surface area (Å²) in [5.41, 5.74) is 1.07. The van der Waals surface area contributed by atoms with Gasteiger partial charge in [0.05, 0.1) is 17.3 Å². The van der Waals surface area contributed by atoms with Gasteiger partial charge in [0.25, 0.3) is 5.91 Å². The largest absolute Gasteiger partial charge is 0.436 e. The Morgan fingerprint density at radius 3 is 2.40 bits per heavy atom. The zero-order valence-corrected chi connectivity index (χ0v) is 27.9. The SMILES string of the molecule is O=C(OC(Cc1cc(C(F)(F)F)c2[nH]ncc2c1)C(=O)N1CCN(C2CCNCC2)CC1)N1CCC(N2CCc3ccccc3NC2=O)CC1.